The van der Waals surface area contributed by atoms with Gasteiger partial charge in [0.05, 0.1) is 14.5 Å². The van der Waals surface area contributed by atoms with Crippen molar-refractivity contribution in [2.75, 3.05) is 10.5 Å². The highest BCUT2D eigenvalue weighted by Gasteiger charge is 2.20. The zero-order valence-corrected chi connectivity index (χ0v) is 15.6. The van der Waals surface area contributed by atoms with Crippen molar-refractivity contribution in [2.24, 2.45) is 0 Å². The van der Waals surface area contributed by atoms with Crippen LogP contribution in [0.25, 0.3) is 0 Å². The van der Waals surface area contributed by atoms with Crippen molar-refractivity contribution in [1.82, 2.24) is 0 Å². The summed E-state index contributed by atoms with van der Waals surface area (Å²) in [5.74, 6) is 0. The summed E-state index contributed by atoms with van der Waals surface area (Å²) >= 11 is 13.4. The maximum atomic E-state index is 12.3. The SMILES string of the molecule is Cc1cc(Br)c(NS(=O)(=O)c2cc(Cl)c(Br)s2)cc1N. The first-order valence-corrected chi connectivity index (χ1v) is 9.50. The Labute approximate surface area is 142 Å². The van der Waals surface area contributed by atoms with E-state index in [1.165, 1.54) is 6.07 Å². The molecule has 0 aliphatic heterocycles. The number of hydrogen-bond acceptors (Lipinski definition) is 4. The van der Waals surface area contributed by atoms with Crippen LogP contribution in [0.5, 0.6) is 0 Å². The molecule has 0 fully saturated rings. The van der Waals surface area contributed by atoms with E-state index in [-0.39, 0.29) is 4.21 Å². The van der Waals surface area contributed by atoms with Gasteiger partial charge in [-0.05, 0) is 62.5 Å². The van der Waals surface area contributed by atoms with Gasteiger partial charge in [-0.25, -0.2) is 8.42 Å². The highest BCUT2D eigenvalue weighted by Crippen LogP contribution is 2.36. The molecule has 0 spiro atoms. The number of sulfonamides is 1. The van der Waals surface area contributed by atoms with Gasteiger partial charge in [-0.15, -0.1) is 11.3 Å². The predicted molar refractivity (Wildman–Crippen MR) is 91.1 cm³/mol. The van der Waals surface area contributed by atoms with Crippen molar-refractivity contribution >= 4 is 76.2 Å². The van der Waals surface area contributed by atoms with E-state index < -0.39 is 10.0 Å². The Hall–Kier alpha value is -0.280. The van der Waals surface area contributed by atoms with Gasteiger partial charge >= 0.3 is 0 Å². The van der Waals surface area contributed by atoms with Gasteiger partial charge in [0.15, 0.2) is 0 Å². The first-order valence-electron chi connectivity index (χ1n) is 5.24. The van der Waals surface area contributed by atoms with Crippen LogP contribution in [-0.4, -0.2) is 8.42 Å². The van der Waals surface area contributed by atoms with Crippen LogP contribution >= 0.6 is 54.8 Å². The van der Waals surface area contributed by atoms with E-state index in [4.69, 9.17) is 17.3 Å². The topological polar surface area (TPSA) is 72.2 Å². The molecule has 108 valence electrons. The number of aryl methyl sites for hydroxylation is 1. The second-order valence-corrected chi connectivity index (χ2v) is 9.52. The molecule has 20 heavy (non-hydrogen) atoms. The van der Waals surface area contributed by atoms with Crippen molar-refractivity contribution in [3.8, 4) is 0 Å². The largest absolute Gasteiger partial charge is 0.398 e. The third-order valence-corrected chi connectivity index (χ3v) is 7.46. The molecule has 0 aliphatic carbocycles. The molecule has 9 heteroatoms. The van der Waals surface area contributed by atoms with Crippen molar-refractivity contribution in [2.45, 2.75) is 11.1 Å². The molecule has 4 nitrogen and oxygen atoms in total. The molecule has 2 aromatic rings. The summed E-state index contributed by atoms with van der Waals surface area (Å²) in [6.07, 6.45) is 0. The fourth-order valence-electron chi connectivity index (χ4n) is 1.42. The lowest BCUT2D eigenvalue weighted by atomic mass is 10.2. The molecule has 1 aromatic heterocycles. The van der Waals surface area contributed by atoms with Gasteiger partial charge in [0.25, 0.3) is 10.0 Å². The van der Waals surface area contributed by atoms with E-state index in [1.807, 2.05) is 6.92 Å². The van der Waals surface area contributed by atoms with Crippen LogP contribution in [-0.2, 0) is 10.0 Å². The van der Waals surface area contributed by atoms with Gasteiger partial charge in [0, 0.05) is 10.2 Å². The number of hydrogen-bond donors (Lipinski definition) is 2. The minimum atomic E-state index is -3.70. The lowest BCUT2D eigenvalue weighted by Crippen LogP contribution is -2.12. The fraction of sp³-hybridized carbons (Fsp3) is 0.0909. The molecular weight excluding hydrogens is 452 g/mol. The first kappa shape index (κ1) is 16.1. The van der Waals surface area contributed by atoms with Crippen molar-refractivity contribution in [3.63, 3.8) is 0 Å². The molecule has 0 saturated heterocycles. The van der Waals surface area contributed by atoms with Gasteiger partial charge in [-0.2, -0.15) is 0 Å². The van der Waals surface area contributed by atoms with Crippen LogP contribution in [0, 0.1) is 6.92 Å². The second kappa shape index (κ2) is 5.84. The van der Waals surface area contributed by atoms with E-state index in [0.717, 1.165) is 16.9 Å². The maximum Gasteiger partial charge on any atom is 0.271 e. The lowest BCUT2D eigenvalue weighted by molar-refractivity contribution is 0.603. The van der Waals surface area contributed by atoms with Gasteiger partial charge in [-0.1, -0.05) is 11.6 Å². The number of thiophene rings is 1. The summed E-state index contributed by atoms with van der Waals surface area (Å²) in [7, 11) is -3.70. The number of nitrogens with one attached hydrogen (secondary N) is 1. The average Bonchev–Trinajstić information content (AvgIpc) is 2.67. The molecule has 0 amide bonds. The van der Waals surface area contributed by atoms with E-state index in [9.17, 15) is 8.42 Å². The average molecular weight is 461 g/mol. The third kappa shape index (κ3) is 3.30. The van der Waals surface area contributed by atoms with Crippen LogP contribution in [0.3, 0.4) is 0 Å². The Morgan fingerprint density at radius 2 is 1.95 bits per heavy atom. The second-order valence-electron chi connectivity index (χ2n) is 3.98. The Bertz CT molecular complexity index is 755. The summed E-state index contributed by atoms with van der Waals surface area (Å²) in [5, 5.41) is 0.359. The standard InChI is InChI=1S/C11H9Br2ClN2O2S2/c1-5-2-6(12)9(4-8(5)15)16-20(17,18)10-3-7(14)11(13)19-10/h2-4,16H,15H2,1H3. The van der Waals surface area contributed by atoms with Crippen molar-refractivity contribution in [1.29, 1.82) is 0 Å². The lowest BCUT2D eigenvalue weighted by Gasteiger charge is -2.10. The van der Waals surface area contributed by atoms with Crippen LogP contribution in [0.15, 0.2) is 30.7 Å². The van der Waals surface area contributed by atoms with Crippen LogP contribution in [0.1, 0.15) is 5.56 Å². The molecular formula is C11H9Br2ClN2O2S2. The molecule has 0 bridgehead atoms. The number of nitrogens with two attached hydrogens (primary N) is 1. The summed E-state index contributed by atoms with van der Waals surface area (Å²) in [6, 6.07) is 4.72. The number of nitrogen functional groups attached to an aromatic ring is 1. The van der Waals surface area contributed by atoms with E-state index >= 15 is 0 Å². The fourth-order valence-corrected chi connectivity index (χ4v) is 5.58. The Morgan fingerprint density at radius 3 is 2.50 bits per heavy atom. The Balaban J connectivity index is 2.40. The highest BCUT2D eigenvalue weighted by atomic mass is 79.9. The Kier molecular flexibility index (Phi) is 4.70. The minimum Gasteiger partial charge on any atom is -0.398 e. The Morgan fingerprint density at radius 1 is 1.30 bits per heavy atom. The van der Waals surface area contributed by atoms with E-state index in [1.54, 1.807) is 12.1 Å². The van der Waals surface area contributed by atoms with Gasteiger partial charge in [0.2, 0.25) is 0 Å². The zero-order valence-electron chi connectivity index (χ0n) is 10.1. The normalized spacial score (nSPS) is 11.6. The summed E-state index contributed by atoms with van der Waals surface area (Å²) in [4.78, 5) is 0. The predicted octanol–water partition coefficient (Wildman–Crippen LogP) is 4.62. The monoisotopic (exact) mass is 458 g/mol. The third-order valence-electron chi connectivity index (χ3n) is 2.49. The van der Waals surface area contributed by atoms with Gasteiger partial charge in [-0.3, -0.25) is 4.72 Å². The van der Waals surface area contributed by atoms with E-state index in [0.29, 0.717) is 24.7 Å². The first-order chi connectivity index (χ1) is 9.20. The quantitative estimate of drug-likeness (QED) is 0.657. The molecule has 0 aliphatic rings. The molecule has 0 saturated carbocycles. The molecule has 0 atom stereocenters. The molecule has 3 N–H and O–H groups in total. The summed E-state index contributed by atoms with van der Waals surface area (Å²) in [6.45, 7) is 1.84. The molecule has 0 unspecified atom stereocenters. The van der Waals surface area contributed by atoms with Crippen LogP contribution in [0.4, 0.5) is 11.4 Å². The number of benzene rings is 1. The van der Waals surface area contributed by atoms with Crippen molar-refractivity contribution in [3.05, 3.63) is 37.0 Å². The van der Waals surface area contributed by atoms with Crippen molar-refractivity contribution < 1.29 is 8.42 Å². The summed E-state index contributed by atoms with van der Waals surface area (Å²) < 4.78 is 28.4. The molecule has 1 heterocycles. The van der Waals surface area contributed by atoms with Crippen LogP contribution < -0.4 is 10.5 Å². The molecule has 1 aromatic carbocycles. The number of anilines is 2. The molecule has 0 radical (unpaired) electrons. The smallest absolute Gasteiger partial charge is 0.271 e. The highest BCUT2D eigenvalue weighted by molar-refractivity contribution is 9.11. The maximum absolute atomic E-state index is 12.3. The van der Waals surface area contributed by atoms with Crippen LogP contribution in [0.2, 0.25) is 5.02 Å². The number of rotatable bonds is 3. The van der Waals surface area contributed by atoms with Gasteiger partial charge in [0.1, 0.15) is 4.21 Å². The van der Waals surface area contributed by atoms with Gasteiger partial charge < -0.3 is 5.73 Å². The minimum absolute atomic E-state index is 0.125. The van der Waals surface area contributed by atoms with E-state index in [2.05, 4.69) is 36.6 Å². The zero-order chi connectivity index (χ0) is 15.1. The summed E-state index contributed by atoms with van der Waals surface area (Å²) in [5.41, 5.74) is 7.55. The number of halogens is 3. The molecule has 2 rings (SSSR count).